The average molecular weight is 359 g/mol. The van der Waals surface area contributed by atoms with Crippen molar-refractivity contribution >= 4 is 28.3 Å². The maximum atomic E-state index is 13.1. The number of aliphatic carboxylic acids is 1. The number of carboxylic acid groups (broad SMARTS) is 1. The maximum absolute atomic E-state index is 13.1. The van der Waals surface area contributed by atoms with Gasteiger partial charge in [0.05, 0.1) is 17.4 Å². The van der Waals surface area contributed by atoms with E-state index in [4.69, 9.17) is 9.52 Å². The van der Waals surface area contributed by atoms with Gasteiger partial charge in [0.1, 0.15) is 22.1 Å². The first-order valence-electron chi connectivity index (χ1n) is 7.86. The molecule has 0 aliphatic carbocycles. The first kappa shape index (κ1) is 17.2. The van der Waals surface area contributed by atoms with Gasteiger partial charge in [0.2, 0.25) is 5.43 Å². The van der Waals surface area contributed by atoms with E-state index in [0.29, 0.717) is 27.9 Å². The van der Waals surface area contributed by atoms with Crippen molar-refractivity contribution in [2.75, 3.05) is 0 Å². The zero-order valence-corrected chi connectivity index (χ0v) is 14.6. The molecule has 0 aliphatic rings. The minimum absolute atomic E-state index is 0.0557. The third kappa shape index (κ3) is 3.28. The SMILES string of the molecule is CCc1cc2c(=O)c(-c3nc(C)cs3)c(CCC(=O)O)oc2cc1O. The number of thiazole rings is 1. The van der Waals surface area contributed by atoms with Crippen LogP contribution in [0.1, 0.15) is 30.4 Å². The third-order valence-corrected chi connectivity index (χ3v) is 4.92. The average Bonchev–Trinajstić information content (AvgIpc) is 2.98. The zero-order chi connectivity index (χ0) is 18.1. The first-order chi connectivity index (χ1) is 11.9. The molecule has 2 aromatic heterocycles. The van der Waals surface area contributed by atoms with E-state index in [2.05, 4.69) is 4.98 Å². The number of phenols is 1. The second kappa shape index (κ2) is 6.68. The van der Waals surface area contributed by atoms with Gasteiger partial charge in [-0.3, -0.25) is 9.59 Å². The molecule has 3 aromatic rings. The van der Waals surface area contributed by atoms with Crippen LogP contribution in [0, 0.1) is 6.92 Å². The molecule has 0 amide bonds. The van der Waals surface area contributed by atoms with Gasteiger partial charge < -0.3 is 14.6 Å². The van der Waals surface area contributed by atoms with E-state index in [-0.39, 0.29) is 35.4 Å². The van der Waals surface area contributed by atoms with Crippen LogP contribution >= 0.6 is 11.3 Å². The van der Waals surface area contributed by atoms with E-state index in [1.54, 1.807) is 6.07 Å². The normalized spacial score (nSPS) is 11.1. The topological polar surface area (TPSA) is 101 Å². The Bertz CT molecular complexity index is 1020. The highest BCUT2D eigenvalue weighted by atomic mass is 32.1. The molecule has 6 nitrogen and oxygen atoms in total. The van der Waals surface area contributed by atoms with Crippen LogP contribution in [0.3, 0.4) is 0 Å². The third-order valence-electron chi connectivity index (χ3n) is 3.94. The lowest BCUT2D eigenvalue weighted by molar-refractivity contribution is -0.137. The number of phenolic OH excluding ortho intramolecular Hbond substituents is 1. The van der Waals surface area contributed by atoms with Crippen LogP contribution in [0.25, 0.3) is 21.5 Å². The fourth-order valence-corrected chi connectivity index (χ4v) is 3.54. The molecule has 3 rings (SSSR count). The van der Waals surface area contributed by atoms with Gasteiger partial charge in [-0.05, 0) is 25.0 Å². The largest absolute Gasteiger partial charge is 0.508 e. The van der Waals surface area contributed by atoms with E-state index in [9.17, 15) is 14.7 Å². The van der Waals surface area contributed by atoms with Crippen molar-refractivity contribution in [3.63, 3.8) is 0 Å². The second-order valence-corrected chi connectivity index (χ2v) is 6.61. The van der Waals surface area contributed by atoms with Crippen molar-refractivity contribution in [3.8, 4) is 16.3 Å². The van der Waals surface area contributed by atoms with E-state index in [1.165, 1.54) is 17.4 Å². The van der Waals surface area contributed by atoms with E-state index < -0.39 is 5.97 Å². The van der Waals surface area contributed by atoms with Crippen molar-refractivity contribution in [2.45, 2.75) is 33.1 Å². The van der Waals surface area contributed by atoms with Gasteiger partial charge >= 0.3 is 5.97 Å². The molecule has 0 spiro atoms. The molecule has 0 atom stereocenters. The molecule has 0 saturated carbocycles. The number of nitrogens with zero attached hydrogens (tertiary/aromatic N) is 1. The number of benzene rings is 1. The highest BCUT2D eigenvalue weighted by molar-refractivity contribution is 7.13. The lowest BCUT2D eigenvalue weighted by atomic mass is 10.0. The minimum Gasteiger partial charge on any atom is -0.508 e. The fraction of sp³-hybridized carbons (Fsp3) is 0.278. The summed E-state index contributed by atoms with van der Waals surface area (Å²) >= 11 is 1.32. The summed E-state index contributed by atoms with van der Waals surface area (Å²) < 4.78 is 5.81. The molecule has 2 heterocycles. The Balaban J connectivity index is 2.30. The smallest absolute Gasteiger partial charge is 0.303 e. The minimum atomic E-state index is -0.979. The molecule has 0 aliphatic heterocycles. The number of rotatable bonds is 5. The van der Waals surface area contributed by atoms with Gasteiger partial charge in [0.25, 0.3) is 0 Å². The lowest BCUT2D eigenvalue weighted by Crippen LogP contribution is -2.11. The molecule has 130 valence electrons. The maximum Gasteiger partial charge on any atom is 0.303 e. The summed E-state index contributed by atoms with van der Waals surface area (Å²) in [5.41, 5.74) is 1.73. The number of carboxylic acids is 1. The van der Waals surface area contributed by atoms with Gasteiger partial charge in [-0.2, -0.15) is 0 Å². The number of aryl methyl sites for hydroxylation is 3. The van der Waals surface area contributed by atoms with Crippen molar-refractivity contribution in [3.05, 3.63) is 44.8 Å². The molecule has 0 saturated heterocycles. The van der Waals surface area contributed by atoms with Crippen LogP contribution < -0.4 is 5.43 Å². The Hall–Kier alpha value is -2.67. The summed E-state index contributed by atoms with van der Waals surface area (Å²) in [6.45, 7) is 3.71. The Morgan fingerprint density at radius 3 is 2.72 bits per heavy atom. The van der Waals surface area contributed by atoms with E-state index in [1.807, 2.05) is 19.2 Å². The fourth-order valence-electron chi connectivity index (χ4n) is 2.69. The van der Waals surface area contributed by atoms with Crippen LogP contribution in [0.15, 0.2) is 26.7 Å². The molecule has 7 heteroatoms. The zero-order valence-electron chi connectivity index (χ0n) is 13.8. The summed E-state index contributed by atoms with van der Waals surface area (Å²) in [4.78, 5) is 28.4. The van der Waals surface area contributed by atoms with Gasteiger partial charge in [0, 0.05) is 23.6 Å². The van der Waals surface area contributed by atoms with Gasteiger partial charge in [-0.1, -0.05) is 6.92 Å². The van der Waals surface area contributed by atoms with Gasteiger partial charge in [-0.25, -0.2) is 4.98 Å². The van der Waals surface area contributed by atoms with Crippen LogP contribution in [-0.4, -0.2) is 21.2 Å². The Morgan fingerprint density at radius 1 is 1.36 bits per heavy atom. The number of aromatic nitrogens is 1. The van der Waals surface area contributed by atoms with Crippen LogP contribution in [0.2, 0.25) is 0 Å². The molecule has 0 radical (unpaired) electrons. The van der Waals surface area contributed by atoms with E-state index in [0.717, 1.165) is 5.69 Å². The molecule has 1 aromatic carbocycles. The Morgan fingerprint density at radius 2 is 2.12 bits per heavy atom. The van der Waals surface area contributed by atoms with Crippen molar-refractivity contribution in [1.82, 2.24) is 4.98 Å². The number of carbonyl (C=O) groups is 1. The quantitative estimate of drug-likeness (QED) is 0.723. The van der Waals surface area contributed by atoms with Crippen molar-refractivity contribution < 1.29 is 19.4 Å². The van der Waals surface area contributed by atoms with Gasteiger partial charge in [0.15, 0.2) is 0 Å². The number of aromatic hydroxyl groups is 1. The second-order valence-electron chi connectivity index (χ2n) is 5.75. The molecule has 0 bridgehead atoms. The Kier molecular flexibility index (Phi) is 4.59. The van der Waals surface area contributed by atoms with Crippen LogP contribution in [0.5, 0.6) is 5.75 Å². The monoisotopic (exact) mass is 359 g/mol. The van der Waals surface area contributed by atoms with Crippen molar-refractivity contribution in [1.29, 1.82) is 0 Å². The molecule has 0 unspecified atom stereocenters. The summed E-state index contributed by atoms with van der Waals surface area (Å²) in [5, 5.41) is 21.7. The molecular weight excluding hydrogens is 342 g/mol. The molecule has 2 N–H and O–H groups in total. The predicted molar refractivity (Wildman–Crippen MR) is 95.3 cm³/mol. The highest BCUT2D eigenvalue weighted by Gasteiger charge is 2.20. The summed E-state index contributed by atoms with van der Waals surface area (Å²) in [6, 6.07) is 3.04. The predicted octanol–water partition coefficient (Wildman–Crippen LogP) is 3.51. The summed E-state index contributed by atoms with van der Waals surface area (Å²) in [7, 11) is 0. The highest BCUT2D eigenvalue weighted by Crippen LogP contribution is 2.31. The molecule has 25 heavy (non-hydrogen) atoms. The summed E-state index contributed by atoms with van der Waals surface area (Å²) in [6.07, 6.45) is 0.489. The molecular formula is C18H17NO5S. The van der Waals surface area contributed by atoms with Gasteiger partial charge in [-0.15, -0.1) is 11.3 Å². The number of fused-ring (bicyclic) bond motifs is 1. The standard InChI is InChI=1S/C18H17NO5S/c1-3-10-6-11-14(7-12(10)20)24-13(4-5-15(21)22)16(17(11)23)18-19-9(2)8-25-18/h6-8,20H,3-5H2,1-2H3,(H,21,22). The lowest BCUT2D eigenvalue weighted by Gasteiger charge is -2.09. The number of hydrogen-bond donors (Lipinski definition) is 2. The van der Waals surface area contributed by atoms with Crippen LogP contribution in [-0.2, 0) is 17.6 Å². The molecule has 0 fully saturated rings. The van der Waals surface area contributed by atoms with Crippen LogP contribution in [0.4, 0.5) is 0 Å². The van der Waals surface area contributed by atoms with E-state index >= 15 is 0 Å². The first-order valence-corrected chi connectivity index (χ1v) is 8.74. The Labute approximate surface area is 147 Å². The summed E-state index contributed by atoms with van der Waals surface area (Å²) in [5.74, 6) is -0.647. The number of hydrogen-bond acceptors (Lipinski definition) is 6. The van der Waals surface area contributed by atoms with Crippen molar-refractivity contribution in [2.24, 2.45) is 0 Å².